The van der Waals surface area contributed by atoms with E-state index in [1.54, 1.807) is 0 Å². The van der Waals surface area contributed by atoms with Gasteiger partial charge in [-0.3, -0.25) is 4.79 Å². The van der Waals surface area contributed by atoms with Crippen molar-refractivity contribution in [3.05, 3.63) is 28.0 Å². The molecule has 0 bridgehead atoms. The summed E-state index contributed by atoms with van der Waals surface area (Å²) in [7, 11) is 1.15. The second-order valence-electron chi connectivity index (χ2n) is 3.20. The summed E-state index contributed by atoms with van der Waals surface area (Å²) in [6.07, 6.45) is 0. The molecule has 0 aromatic carbocycles. The Balaban J connectivity index is 2.84. The maximum absolute atomic E-state index is 11.8. The number of nitrogens with zero attached hydrogens (tertiary/aromatic N) is 1. The molecule has 18 heavy (non-hydrogen) atoms. The molecule has 1 amide bonds. The Morgan fingerprint density at radius 2 is 2.17 bits per heavy atom. The molecule has 1 unspecified atom stereocenters. The number of aliphatic hydroxyl groups excluding tert-OH is 1. The predicted octanol–water partition coefficient (Wildman–Crippen LogP) is 0.652. The Labute approximate surface area is 113 Å². The van der Waals surface area contributed by atoms with Crippen molar-refractivity contribution in [3.63, 3.8) is 0 Å². The van der Waals surface area contributed by atoms with E-state index < -0.39 is 24.5 Å². The van der Waals surface area contributed by atoms with Crippen LogP contribution < -0.4 is 5.32 Å². The summed E-state index contributed by atoms with van der Waals surface area (Å²) < 4.78 is 4.41. The molecule has 1 rings (SSSR count). The summed E-state index contributed by atoms with van der Waals surface area (Å²) in [5.74, 6) is -1.42. The average molecular weight is 293 g/mol. The molecule has 1 aromatic rings. The van der Waals surface area contributed by atoms with Crippen LogP contribution in [0.1, 0.15) is 10.4 Å². The molecule has 0 aliphatic rings. The van der Waals surface area contributed by atoms with Crippen molar-refractivity contribution >= 4 is 35.1 Å². The van der Waals surface area contributed by atoms with Crippen LogP contribution in [0, 0.1) is 0 Å². The lowest BCUT2D eigenvalue weighted by Crippen LogP contribution is -2.44. The summed E-state index contributed by atoms with van der Waals surface area (Å²) in [5, 5.41) is 11.3. The van der Waals surface area contributed by atoms with E-state index in [1.165, 1.54) is 12.1 Å². The van der Waals surface area contributed by atoms with E-state index >= 15 is 0 Å². The van der Waals surface area contributed by atoms with E-state index in [2.05, 4.69) is 15.0 Å². The van der Waals surface area contributed by atoms with Gasteiger partial charge in [-0.15, -0.1) is 0 Å². The number of carbonyl (C=O) groups excluding carboxylic acids is 2. The first-order valence-corrected chi connectivity index (χ1v) is 5.56. The van der Waals surface area contributed by atoms with Gasteiger partial charge < -0.3 is 15.2 Å². The fraction of sp³-hybridized carbons (Fsp3) is 0.300. The maximum atomic E-state index is 11.8. The standard InChI is InChI=1S/C10H10Cl2N2O4/c1-18-10(17)6(4-15)13-9(16)5-2-3-7(11)14-8(5)12/h2-3,6,15H,4H2,1H3,(H,13,16). The number of ether oxygens (including phenoxy) is 1. The number of aromatic nitrogens is 1. The minimum atomic E-state index is -1.16. The van der Waals surface area contributed by atoms with Crippen molar-refractivity contribution in [3.8, 4) is 0 Å². The second-order valence-corrected chi connectivity index (χ2v) is 3.95. The average Bonchev–Trinajstić information content (AvgIpc) is 2.34. The van der Waals surface area contributed by atoms with Crippen molar-refractivity contribution in [2.45, 2.75) is 6.04 Å². The topological polar surface area (TPSA) is 88.5 Å². The van der Waals surface area contributed by atoms with Crippen LogP contribution in [-0.2, 0) is 9.53 Å². The summed E-state index contributed by atoms with van der Waals surface area (Å²) >= 11 is 11.3. The van der Waals surface area contributed by atoms with E-state index in [-0.39, 0.29) is 15.9 Å². The molecule has 0 radical (unpaired) electrons. The lowest BCUT2D eigenvalue weighted by atomic mass is 10.2. The Morgan fingerprint density at radius 3 is 2.67 bits per heavy atom. The molecule has 1 heterocycles. The summed E-state index contributed by atoms with van der Waals surface area (Å²) in [5.41, 5.74) is 0.0448. The van der Waals surface area contributed by atoms with Gasteiger partial charge in [-0.05, 0) is 12.1 Å². The molecule has 2 N–H and O–H groups in total. The molecule has 0 aliphatic heterocycles. The second kappa shape index (κ2) is 6.53. The lowest BCUT2D eigenvalue weighted by molar-refractivity contribution is -0.143. The number of pyridine rings is 1. The fourth-order valence-electron chi connectivity index (χ4n) is 1.14. The van der Waals surface area contributed by atoms with Gasteiger partial charge in [-0.25, -0.2) is 9.78 Å². The van der Waals surface area contributed by atoms with Gasteiger partial charge >= 0.3 is 5.97 Å². The zero-order valence-corrected chi connectivity index (χ0v) is 10.8. The number of methoxy groups -OCH3 is 1. The smallest absolute Gasteiger partial charge is 0.330 e. The van der Waals surface area contributed by atoms with Crippen LogP contribution in [0.3, 0.4) is 0 Å². The van der Waals surface area contributed by atoms with Crippen molar-refractivity contribution in [2.75, 3.05) is 13.7 Å². The Kier molecular flexibility index (Phi) is 5.33. The minimum absolute atomic E-state index is 0.0448. The maximum Gasteiger partial charge on any atom is 0.330 e. The molecule has 0 spiro atoms. The van der Waals surface area contributed by atoms with Crippen LogP contribution in [0.4, 0.5) is 0 Å². The van der Waals surface area contributed by atoms with Gasteiger partial charge in [0.15, 0.2) is 6.04 Å². The Morgan fingerprint density at radius 1 is 1.50 bits per heavy atom. The fourth-order valence-corrected chi connectivity index (χ4v) is 1.57. The number of hydrogen-bond donors (Lipinski definition) is 2. The number of nitrogens with one attached hydrogen (secondary N) is 1. The van der Waals surface area contributed by atoms with E-state index in [4.69, 9.17) is 28.3 Å². The molecular formula is C10H10Cl2N2O4. The monoisotopic (exact) mass is 292 g/mol. The van der Waals surface area contributed by atoms with Crippen LogP contribution in [-0.4, -0.2) is 41.7 Å². The van der Waals surface area contributed by atoms with E-state index in [1.807, 2.05) is 0 Å². The van der Waals surface area contributed by atoms with Crippen LogP contribution >= 0.6 is 23.2 Å². The van der Waals surface area contributed by atoms with Crippen molar-refractivity contribution < 1.29 is 19.4 Å². The minimum Gasteiger partial charge on any atom is -0.467 e. The number of rotatable bonds is 4. The molecule has 1 aromatic heterocycles. The SMILES string of the molecule is COC(=O)C(CO)NC(=O)c1ccc(Cl)nc1Cl. The first-order valence-electron chi connectivity index (χ1n) is 4.81. The largest absolute Gasteiger partial charge is 0.467 e. The highest BCUT2D eigenvalue weighted by Gasteiger charge is 2.22. The van der Waals surface area contributed by atoms with Gasteiger partial charge in [0.2, 0.25) is 0 Å². The molecule has 8 heteroatoms. The van der Waals surface area contributed by atoms with Crippen LogP contribution in [0.15, 0.2) is 12.1 Å². The van der Waals surface area contributed by atoms with Gasteiger partial charge in [0.1, 0.15) is 10.3 Å². The van der Waals surface area contributed by atoms with Gasteiger partial charge in [0.05, 0.1) is 19.3 Å². The van der Waals surface area contributed by atoms with Gasteiger partial charge in [-0.1, -0.05) is 23.2 Å². The molecule has 0 saturated carbocycles. The van der Waals surface area contributed by atoms with Crippen molar-refractivity contribution in [1.29, 1.82) is 0 Å². The number of amides is 1. The summed E-state index contributed by atoms with van der Waals surface area (Å²) in [6.45, 7) is -0.586. The normalized spacial score (nSPS) is 11.8. The van der Waals surface area contributed by atoms with E-state index in [0.717, 1.165) is 7.11 Å². The Hall–Kier alpha value is -1.37. The molecule has 0 aliphatic carbocycles. The van der Waals surface area contributed by atoms with Crippen LogP contribution in [0.25, 0.3) is 0 Å². The highest BCUT2D eigenvalue weighted by molar-refractivity contribution is 6.34. The van der Waals surface area contributed by atoms with Gasteiger partial charge in [-0.2, -0.15) is 0 Å². The zero-order chi connectivity index (χ0) is 13.7. The molecule has 0 fully saturated rings. The molecule has 6 nitrogen and oxygen atoms in total. The highest BCUT2D eigenvalue weighted by Crippen LogP contribution is 2.16. The number of halogens is 2. The third-order valence-electron chi connectivity index (χ3n) is 2.03. The number of aliphatic hydroxyl groups is 1. The van der Waals surface area contributed by atoms with Crippen molar-refractivity contribution in [1.82, 2.24) is 10.3 Å². The lowest BCUT2D eigenvalue weighted by Gasteiger charge is -2.14. The quantitative estimate of drug-likeness (QED) is 0.628. The summed E-state index contributed by atoms with van der Waals surface area (Å²) in [6, 6.07) is 1.59. The van der Waals surface area contributed by atoms with Gasteiger partial charge in [0.25, 0.3) is 5.91 Å². The van der Waals surface area contributed by atoms with Crippen LogP contribution in [0.5, 0.6) is 0 Å². The summed E-state index contributed by atoms with van der Waals surface area (Å²) in [4.78, 5) is 26.6. The van der Waals surface area contributed by atoms with Crippen LogP contribution in [0.2, 0.25) is 10.3 Å². The van der Waals surface area contributed by atoms with E-state index in [9.17, 15) is 9.59 Å². The predicted molar refractivity (Wildman–Crippen MR) is 64.6 cm³/mol. The molecular weight excluding hydrogens is 283 g/mol. The first-order chi connectivity index (χ1) is 8.49. The van der Waals surface area contributed by atoms with Gasteiger partial charge in [0, 0.05) is 0 Å². The third kappa shape index (κ3) is 3.56. The molecule has 98 valence electrons. The van der Waals surface area contributed by atoms with Crippen molar-refractivity contribution in [2.24, 2.45) is 0 Å². The zero-order valence-electron chi connectivity index (χ0n) is 9.31. The number of esters is 1. The Bertz CT molecular complexity index is 467. The number of hydrogen-bond acceptors (Lipinski definition) is 5. The molecule has 1 atom stereocenters. The molecule has 0 saturated heterocycles. The highest BCUT2D eigenvalue weighted by atomic mass is 35.5. The first kappa shape index (κ1) is 14.7. The number of carbonyl (C=O) groups is 2. The third-order valence-corrected chi connectivity index (χ3v) is 2.53. The van der Waals surface area contributed by atoms with E-state index in [0.29, 0.717) is 0 Å².